The molecular formula is C19H22N6O2. The van der Waals surface area contributed by atoms with Crippen LogP contribution in [0.2, 0.25) is 0 Å². The van der Waals surface area contributed by atoms with Crippen LogP contribution in [0.15, 0.2) is 35.4 Å². The second kappa shape index (κ2) is 7.30. The van der Waals surface area contributed by atoms with E-state index >= 15 is 0 Å². The standard InChI is InChI=1S/C19H22N6O2/c1-2-25-16(22-23-19(25)27)12-13-6-10-24(11-7-13)18(26)14-4-3-5-15-17(14)21-9-8-20-15/h3-5,8-9,13H,2,6-7,10-12H2,1H3,(H,23,27). The quantitative estimate of drug-likeness (QED) is 0.757. The van der Waals surface area contributed by atoms with Crippen molar-refractivity contribution in [3.63, 3.8) is 0 Å². The Labute approximate surface area is 156 Å². The lowest BCUT2D eigenvalue weighted by molar-refractivity contribution is 0.0691. The van der Waals surface area contributed by atoms with Gasteiger partial charge in [-0.05, 0) is 37.8 Å². The molecule has 8 nitrogen and oxygen atoms in total. The number of carbonyl (C=O) groups is 1. The number of nitrogens with zero attached hydrogens (tertiary/aromatic N) is 5. The fraction of sp³-hybridized carbons (Fsp3) is 0.421. The van der Waals surface area contributed by atoms with E-state index in [0.29, 0.717) is 36.6 Å². The summed E-state index contributed by atoms with van der Waals surface area (Å²) in [5, 5.41) is 6.67. The van der Waals surface area contributed by atoms with Crippen molar-refractivity contribution in [2.45, 2.75) is 32.7 Å². The number of carbonyl (C=O) groups excluding carboxylic acids is 1. The lowest BCUT2D eigenvalue weighted by Crippen LogP contribution is -2.39. The number of hydrogen-bond donors (Lipinski definition) is 1. The molecule has 140 valence electrons. The van der Waals surface area contributed by atoms with Gasteiger partial charge in [-0.2, -0.15) is 5.10 Å². The van der Waals surface area contributed by atoms with Crippen LogP contribution < -0.4 is 5.69 Å². The highest BCUT2D eigenvalue weighted by Gasteiger charge is 2.26. The highest BCUT2D eigenvalue weighted by atomic mass is 16.2. The summed E-state index contributed by atoms with van der Waals surface area (Å²) in [4.78, 5) is 35.2. The van der Waals surface area contributed by atoms with Crippen LogP contribution in [0.1, 0.15) is 35.9 Å². The number of fused-ring (bicyclic) bond motifs is 1. The molecule has 3 heterocycles. The van der Waals surface area contributed by atoms with Crippen LogP contribution in [0.5, 0.6) is 0 Å². The molecule has 0 atom stereocenters. The van der Waals surface area contributed by atoms with Crippen LogP contribution in [0.3, 0.4) is 0 Å². The second-order valence-electron chi connectivity index (χ2n) is 6.86. The Hall–Kier alpha value is -3.03. The van der Waals surface area contributed by atoms with Crippen molar-refractivity contribution < 1.29 is 4.79 Å². The first-order valence-electron chi connectivity index (χ1n) is 9.30. The Morgan fingerprint density at radius 2 is 2.00 bits per heavy atom. The Kier molecular flexibility index (Phi) is 4.70. The van der Waals surface area contributed by atoms with Crippen molar-refractivity contribution in [2.24, 2.45) is 5.92 Å². The van der Waals surface area contributed by atoms with Crippen LogP contribution in [-0.2, 0) is 13.0 Å². The van der Waals surface area contributed by atoms with E-state index in [0.717, 1.165) is 30.6 Å². The molecule has 8 heteroatoms. The first-order valence-corrected chi connectivity index (χ1v) is 9.30. The van der Waals surface area contributed by atoms with Crippen LogP contribution in [0, 0.1) is 5.92 Å². The maximum Gasteiger partial charge on any atom is 0.343 e. The zero-order chi connectivity index (χ0) is 18.8. The van der Waals surface area contributed by atoms with Gasteiger partial charge in [0.1, 0.15) is 11.3 Å². The molecule has 1 fully saturated rings. The lowest BCUT2D eigenvalue weighted by Gasteiger charge is -2.32. The number of hydrogen-bond acceptors (Lipinski definition) is 5. The molecular weight excluding hydrogens is 344 g/mol. The predicted octanol–water partition coefficient (Wildman–Crippen LogP) is 1.63. The van der Waals surface area contributed by atoms with Gasteiger partial charge in [-0.3, -0.25) is 19.3 Å². The number of amides is 1. The predicted molar refractivity (Wildman–Crippen MR) is 100 cm³/mol. The number of para-hydroxylation sites is 1. The lowest BCUT2D eigenvalue weighted by atomic mass is 9.92. The number of aromatic nitrogens is 5. The van der Waals surface area contributed by atoms with Crippen molar-refractivity contribution in [1.29, 1.82) is 0 Å². The van der Waals surface area contributed by atoms with Gasteiger partial charge < -0.3 is 4.90 Å². The van der Waals surface area contributed by atoms with E-state index in [-0.39, 0.29) is 11.6 Å². The van der Waals surface area contributed by atoms with Gasteiger partial charge in [0.15, 0.2) is 0 Å². The number of H-pyrrole nitrogens is 1. The van der Waals surface area contributed by atoms with Gasteiger partial charge in [0.2, 0.25) is 0 Å². The first-order chi connectivity index (χ1) is 13.2. The van der Waals surface area contributed by atoms with Crippen molar-refractivity contribution in [3.8, 4) is 0 Å². The molecule has 1 aliphatic heterocycles. The zero-order valence-electron chi connectivity index (χ0n) is 15.3. The highest BCUT2D eigenvalue weighted by Crippen LogP contribution is 2.23. The largest absolute Gasteiger partial charge is 0.343 e. The summed E-state index contributed by atoms with van der Waals surface area (Å²) < 4.78 is 1.67. The van der Waals surface area contributed by atoms with Gasteiger partial charge in [-0.1, -0.05) is 6.07 Å². The normalized spacial score (nSPS) is 15.4. The Balaban J connectivity index is 1.44. The van der Waals surface area contributed by atoms with Crippen molar-refractivity contribution in [2.75, 3.05) is 13.1 Å². The highest BCUT2D eigenvalue weighted by molar-refractivity contribution is 6.04. The summed E-state index contributed by atoms with van der Waals surface area (Å²) in [5.74, 6) is 1.23. The summed E-state index contributed by atoms with van der Waals surface area (Å²) in [6.07, 6.45) is 5.80. The van der Waals surface area contributed by atoms with Gasteiger partial charge in [0.05, 0.1) is 11.1 Å². The fourth-order valence-electron chi connectivity index (χ4n) is 3.77. The molecule has 1 saturated heterocycles. The Morgan fingerprint density at radius 3 is 2.78 bits per heavy atom. The number of aromatic amines is 1. The van der Waals surface area contributed by atoms with Gasteiger partial charge in [-0.15, -0.1) is 0 Å². The van der Waals surface area contributed by atoms with Crippen LogP contribution >= 0.6 is 0 Å². The molecule has 27 heavy (non-hydrogen) atoms. The zero-order valence-corrected chi connectivity index (χ0v) is 15.3. The van der Waals surface area contributed by atoms with Crippen LogP contribution in [-0.4, -0.2) is 48.6 Å². The minimum absolute atomic E-state index is 0.00443. The van der Waals surface area contributed by atoms with Gasteiger partial charge in [-0.25, -0.2) is 9.89 Å². The van der Waals surface area contributed by atoms with Gasteiger partial charge >= 0.3 is 5.69 Å². The topological polar surface area (TPSA) is 96.8 Å². The monoisotopic (exact) mass is 366 g/mol. The first kappa shape index (κ1) is 17.4. The van der Waals surface area contributed by atoms with Gasteiger partial charge in [0.25, 0.3) is 5.91 Å². The fourth-order valence-corrected chi connectivity index (χ4v) is 3.77. The third-order valence-electron chi connectivity index (χ3n) is 5.26. The second-order valence-corrected chi connectivity index (χ2v) is 6.86. The number of nitrogens with one attached hydrogen (secondary N) is 1. The molecule has 0 saturated carbocycles. The van der Waals surface area contributed by atoms with Gasteiger partial charge in [0, 0.05) is 38.4 Å². The third-order valence-corrected chi connectivity index (χ3v) is 5.26. The van der Waals surface area contributed by atoms with E-state index < -0.39 is 0 Å². The van der Waals surface area contributed by atoms with E-state index in [9.17, 15) is 9.59 Å². The van der Waals surface area contributed by atoms with E-state index in [4.69, 9.17) is 0 Å². The maximum atomic E-state index is 13.0. The van der Waals surface area contributed by atoms with E-state index in [2.05, 4.69) is 20.2 Å². The molecule has 0 radical (unpaired) electrons. The van der Waals surface area contributed by atoms with Crippen molar-refractivity contribution in [3.05, 3.63) is 52.5 Å². The summed E-state index contributed by atoms with van der Waals surface area (Å²) >= 11 is 0. The number of rotatable bonds is 4. The summed E-state index contributed by atoms with van der Waals surface area (Å²) in [5.41, 5.74) is 1.83. The van der Waals surface area contributed by atoms with Crippen molar-refractivity contribution >= 4 is 16.9 Å². The molecule has 1 N–H and O–H groups in total. The molecule has 4 rings (SSSR count). The smallest absolute Gasteiger partial charge is 0.339 e. The SMILES string of the molecule is CCn1c(CC2CCN(C(=O)c3cccc4nccnc34)CC2)n[nH]c1=O. The minimum Gasteiger partial charge on any atom is -0.339 e. The summed E-state index contributed by atoms with van der Waals surface area (Å²) in [6.45, 7) is 3.95. The molecule has 2 aromatic heterocycles. The Morgan fingerprint density at radius 1 is 1.22 bits per heavy atom. The van der Waals surface area contributed by atoms with Crippen molar-refractivity contribution in [1.82, 2.24) is 29.6 Å². The minimum atomic E-state index is -0.155. The number of piperidine rings is 1. The molecule has 1 aromatic carbocycles. The number of benzene rings is 1. The van der Waals surface area contributed by atoms with Crippen LogP contribution in [0.25, 0.3) is 11.0 Å². The average Bonchev–Trinajstić information content (AvgIpc) is 3.06. The van der Waals surface area contributed by atoms with E-state index in [1.54, 1.807) is 17.0 Å². The average molecular weight is 366 g/mol. The molecule has 0 aliphatic carbocycles. The Bertz CT molecular complexity index is 1010. The molecule has 1 aliphatic rings. The summed E-state index contributed by atoms with van der Waals surface area (Å²) in [7, 11) is 0. The molecule has 0 unspecified atom stereocenters. The molecule has 0 bridgehead atoms. The van der Waals surface area contributed by atoms with E-state index in [1.807, 2.05) is 30.0 Å². The maximum absolute atomic E-state index is 13.0. The molecule has 3 aromatic rings. The van der Waals surface area contributed by atoms with Crippen LogP contribution in [0.4, 0.5) is 0 Å². The molecule has 1 amide bonds. The molecule has 0 spiro atoms. The third kappa shape index (κ3) is 3.34. The summed E-state index contributed by atoms with van der Waals surface area (Å²) in [6, 6.07) is 5.52. The van der Waals surface area contributed by atoms with E-state index in [1.165, 1.54) is 0 Å². The number of likely N-dealkylation sites (tertiary alicyclic amines) is 1.